The number of likely N-dealkylation sites (tertiary alicyclic amines) is 2. The van der Waals surface area contributed by atoms with E-state index in [1.54, 1.807) is 12.3 Å². The lowest BCUT2D eigenvalue weighted by Crippen LogP contribution is -2.46. The van der Waals surface area contributed by atoms with Crippen molar-refractivity contribution < 1.29 is 9.53 Å². The second-order valence-electron chi connectivity index (χ2n) is 8.09. The molecular weight excluding hydrogens is 338 g/mol. The molecule has 0 spiro atoms. The summed E-state index contributed by atoms with van der Waals surface area (Å²) < 4.78 is 6.07. The molecule has 1 amide bonds. The number of carbonyl (C=O) groups is 1. The zero-order chi connectivity index (χ0) is 18.5. The number of hydrogen-bond donors (Lipinski definition) is 0. The SMILES string of the molecule is O=C(C=Cc1ccc(OC2CCN(C3CCC3)CC2)nc1)N1CCCCC1. The summed E-state index contributed by atoms with van der Waals surface area (Å²) in [5, 5.41) is 0. The minimum Gasteiger partial charge on any atom is -0.474 e. The molecule has 146 valence electrons. The summed E-state index contributed by atoms with van der Waals surface area (Å²) >= 11 is 0. The van der Waals surface area contributed by atoms with E-state index in [9.17, 15) is 4.79 Å². The smallest absolute Gasteiger partial charge is 0.246 e. The minimum atomic E-state index is 0.105. The van der Waals surface area contributed by atoms with Crippen LogP contribution in [0, 0.1) is 0 Å². The zero-order valence-corrected chi connectivity index (χ0v) is 16.2. The third-order valence-electron chi connectivity index (χ3n) is 6.20. The molecule has 0 unspecified atom stereocenters. The molecule has 1 aliphatic carbocycles. The van der Waals surface area contributed by atoms with E-state index in [-0.39, 0.29) is 12.0 Å². The molecule has 5 nitrogen and oxygen atoms in total. The fourth-order valence-electron chi connectivity index (χ4n) is 4.23. The molecule has 3 fully saturated rings. The number of amides is 1. The van der Waals surface area contributed by atoms with E-state index >= 15 is 0 Å². The van der Waals surface area contributed by atoms with Gasteiger partial charge in [-0.2, -0.15) is 0 Å². The van der Waals surface area contributed by atoms with Crippen LogP contribution in [-0.4, -0.2) is 59.0 Å². The van der Waals surface area contributed by atoms with E-state index in [1.807, 2.05) is 23.1 Å². The highest BCUT2D eigenvalue weighted by molar-refractivity contribution is 5.91. The first-order valence-electron chi connectivity index (χ1n) is 10.6. The third-order valence-corrected chi connectivity index (χ3v) is 6.20. The van der Waals surface area contributed by atoms with Crippen molar-refractivity contribution in [3.05, 3.63) is 30.0 Å². The summed E-state index contributed by atoms with van der Waals surface area (Å²) in [6, 6.07) is 4.73. The quantitative estimate of drug-likeness (QED) is 0.745. The molecule has 0 radical (unpaired) electrons. The van der Waals surface area contributed by atoms with Crippen molar-refractivity contribution in [3.63, 3.8) is 0 Å². The predicted molar refractivity (Wildman–Crippen MR) is 107 cm³/mol. The summed E-state index contributed by atoms with van der Waals surface area (Å²) in [6.07, 6.45) is 15.4. The molecule has 2 aliphatic heterocycles. The molecule has 0 aromatic carbocycles. The number of piperidine rings is 2. The Balaban J connectivity index is 1.24. The van der Waals surface area contributed by atoms with Gasteiger partial charge in [-0.15, -0.1) is 0 Å². The Labute approximate surface area is 162 Å². The van der Waals surface area contributed by atoms with Crippen LogP contribution in [0.15, 0.2) is 24.4 Å². The van der Waals surface area contributed by atoms with E-state index in [1.165, 1.54) is 25.7 Å². The van der Waals surface area contributed by atoms with Crippen LogP contribution < -0.4 is 4.74 Å². The van der Waals surface area contributed by atoms with Gasteiger partial charge >= 0.3 is 0 Å². The second-order valence-corrected chi connectivity index (χ2v) is 8.09. The summed E-state index contributed by atoms with van der Waals surface area (Å²) in [4.78, 5) is 21.2. The number of rotatable bonds is 5. The van der Waals surface area contributed by atoms with Gasteiger partial charge in [-0.25, -0.2) is 4.98 Å². The van der Waals surface area contributed by atoms with Gasteiger partial charge in [-0.1, -0.05) is 6.42 Å². The van der Waals surface area contributed by atoms with E-state index in [4.69, 9.17) is 4.74 Å². The van der Waals surface area contributed by atoms with Gasteiger partial charge in [0.1, 0.15) is 6.10 Å². The van der Waals surface area contributed by atoms with Crippen molar-refractivity contribution in [2.75, 3.05) is 26.2 Å². The maximum atomic E-state index is 12.2. The Morgan fingerprint density at radius 2 is 1.78 bits per heavy atom. The number of nitrogens with zero attached hydrogens (tertiary/aromatic N) is 3. The van der Waals surface area contributed by atoms with Crippen LogP contribution in [-0.2, 0) is 4.79 Å². The Kier molecular flexibility index (Phi) is 6.07. The highest BCUT2D eigenvalue weighted by Crippen LogP contribution is 2.28. The maximum Gasteiger partial charge on any atom is 0.246 e. The van der Waals surface area contributed by atoms with Crippen LogP contribution in [0.1, 0.15) is 56.9 Å². The van der Waals surface area contributed by atoms with Crippen molar-refractivity contribution >= 4 is 12.0 Å². The van der Waals surface area contributed by atoms with Crippen molar-refractivity contribution in [3.8, 4) is 5.88 Å². The Morgan fingerprint density at radius 1 is 1.00 bits per heavy atom. The van der Waals surface area contributed by atoms with Gasteiger partial charge in [0.2, 0.25) is 11.8 Å². The van der Waals surface area contributed by atoms with Crippen LogP contribution >= 0.6 is 0 Å². The fraction of sp³-hybridized carbons (Fsp3) is 0.636. The molecular formula is C22H31N3O2. The second kappa shape index (κ2) is 8.87. The van der Waals surface area contributed by atoms with E-state index < -0.39 is 0 Å². The minimum absolute atomic E-state index is 0.105. The summed E-state index contributed by atoms with van der Waals surface area (Å²) in [6.45, 7) is 4.06. The molecule has 4 rings (SSSR count). The summed E-state index contributed by atoms with van der Waals surface area (Å²) in [5.74, 6) is 0.796. The van der Waals surface area contributed by atoms with Crippen molar-refractivity contribution in [1.29, 1.82) is 0 Å². The predicted octanol–water partition coefficient (Wildman–Crippen LogP) is 3.50. The molecule has 3 heterocycles. The number of aromatic nitrogens is 1. The first kappa shape index (κ1) is 18.5. The topological polar surface area (TPSA) is 45.7 Å². The van der Waals surface area contributed by atoms with Gasteiger partial charge in [-0.05, 0) is 62.7 Å². The summed E-state index contributed by atoms with van der Waals surface area (Å²) in [5.41, 5.74) is 0.938. The molecule has 0 bridgehead atoms. The molecule has 2 saturated heterocycles. The molecule has 27 heavy (non-hydrogen) atoms. The van der Waals surface area contributed by atoms with E-state index in [0.717, 1.165) is 63.5 Å². The lowest BCUT2D eigenvalue weighted by Gasteiger charge is -2.41. The highest BCUT2D eigenvalue weighted by atomic mass is 16.5. The Bertz CT molecular complexity index is 640. The molecule has 1 aromatic heterocycles. The van der Waals surface area contributed by atoms with Gasteiger partial charge in [0, 0.05) is 50.6 Å². The maximum absolute atomic E-state index is 12.2. The van der Waals surface area contributed by atoms with Crippen molar-refractivity contribution in [2.45, 2.75) is 63.5 Å². The molecule has 1 saturated carbocycles. The molecule has 5 heteroatoms. The fourth-order valence-corrected chi connectivity index (χ4v) is 4.23. The zero-order valence-electron chi connectivity index (χ0n) is 16.2. The van der Waals surface area contributed by atoms with E-state index in [0.29, 0.717) is 5.88 Å². The van der Waals surface area contributed by atoms with Crippen LogP contribution in [0.4, 0.5) is 0 Å². The number of hydrogen-bond acceptors (Lipinski definition) is 4. The average molecular weight is 370 g/mol. The Morgan fingerprint density at radius 3 is 2.41 bits per heavy atom. The van der Waals surface area contributed by atoms with Crippen LogP contribution in [0.2, 0.25) is 0 Å². The first-order valence-corrected chi connectivity index (χ1v) is 10.6. The molecule has 3 aliphatic rings. The normalized spacial score (nSPS) is 22.7. The van der Waals surface area contributed by atoms with Crippen LogP contribution in [0.25, 0.3) is 6.08 Å². The van der Waals surface area contributed by atoms with Crippen LogP contribution in [0.5, 0.6) is 5.88 Å². The number of pyridine rings is 1. The number of ether oxygens (including phenoxy) is 1. The summed E-state index contributed by atoms with van der Waals surface area (Å²) in [7, 11) is 0. The van der Waals surface area contributed by atoms with Gasteiger partial charge in [-0.3, -0.25) is 4.79 Å². The molecule has 0 atom stereocenters. The van der Waals surface area contributed by atoms with Gasteiger partial charge < -0.3 is 14.5 Å². The number of carbonyl (C=O) groups excluding carboxylic acids is 1. The average Bonchev–Trinajstić information content (AvgIpc) is 2.68. The van der Waals surface area contributed by atoms with Crippen LogP contribution in [0.3, 0.4) is 0 Å². The van der Waals surface area contributed by atoms with Gasteiger partial charge in [0.05, 0.1) is 0 Å². The largest absolute Gasteiger partial charge is 0.474 e. The first-order chi connectivity index (χ1) is 13.3. The third kappa shape index (κ3) is 4.89. The molecule has 1 aromatic rings. The lowest BCUT2D eigenvalue weighted by atomic mass is 9.90. The highest BCUT2D eigenvalue weighted by Gasteiger charge is 2.29. The van der Waals surface area contributed by atoms with Gasteiger partial charge in [0.15, 0.2) is 0 Å². The monoisotopic (exact) mass is 369 g/mol. The van der Waals surface area contributed by atoms with Crippen molar-refractivity contribution in [1.82, 2.24) is 14.8 Å². The standard InChI is InChI=1S/C22H31N3O2/c26-22(25-13-2-1-3-14-25)10-8-18-7-9-21(23-17-18)27-20-11-15-24(16-12-20)19-5-4-6-19/h7-10,17,19-20H,1-6,11-16H2. The Hall–Kier alpha value is -1.88. The molecule has 0 N–H and O–H groups in total. The van der Waals surface area contributed by atoms with Gasteiger partial charge in [0.25, 0.3) is 0 Å². The van der Waals surface area contributed by atoms with E-state index in [2.05, 4.69) is 9.88 Å². The van der Waals surface area contributed by atoms with Crippen molar-refractivity contribution in [2.24, 2.45) is 0 Å². The lowest BCUT2D eigenvalue weighted by molar-refractivity contribution is -0.126.